The molecule has 1 heterocycles. The second-order valence-corrected chi connectivity index (χ2v) is 3.99. The molecule has 0 amide bonds. The molecular formula is C12H16N4O. The van der Waals surface area contributed by atoms with Crippen LogP contribution in [0.15, 0.2) is 24.3 Å². The van der Waals surface area contributed by atoms with Crippen LogP contribution in [0.4, 0.5) is 11.5 Å². The number of nitrogen functional groups attached to an aromatic ring is 1. The Balaban J connectivity index is 2.47. The molecule has 0 spiro atoms. The van der Waals surface area contributed by atoms with Crippen LogP contribution < -0.4 is 15.4 Å². The van der Waals surface area contributed by atoms with Crippen molar-refractivity contribution in [1.82, 2.24) is 10.2 Å². The monoisotopic (exact) mass is 232 g/mol. The van der Waals surface area contributed by atoms with E-state index in [4.69, 9.17) is 10.5 Å². The van der Waals surface area contributed by atoms with Gasteiger partial charge in [0.25, 0.3) is 0 Å². The third kappa shape index (κ3) is 2.18. The van der Waals surface area contributed by atoms with Gasteiger partial charge in [-0.1, -0.05) is 0 Å². The first-order valence-electron chi connectivity index (χ1n) is 5.28. The molecule has 17 heavy (non-hydrogen) atoms. The maximum absolute atomic E-state index is 5.59. The summed E-state index contributed by atoms with van der Waals surface area (Å²) in [6.45, 7) is 0. The fraction of sp³-hybridized carbons (Fsp3) is 0.250. The van der Waals surface area contributed by atoms with Gasteiger partial charge in [-0.3, -0.25) is 5.10 Å². The van der Waals surface area contributed by atoms with Gasteiger partial charge in [0.2, 0.25) is 0 Å². The van der Waals surface area contributed by atoms with Gasteiger partial charge in [-0.2, -0.15) is 5.10 Å². The second kappa shape index (κ2) is 4.37. The van der Waals surface area contributed by atoms with E-state index in [0.717, 1.165) is 22.7 Å². The molecule has 0 aliphatic rings. The molecule has 1 aromatic carbocycles. The van der Waals surface area contributed by atoms with Crippen LogP contribution >= 0.6 is 0 Å². The Kier molecular flexibility index (Phi) is 2.91. The number of rotatable bonds is 3. The second-order valence-electron chi connectivity index (χ2n) is 3.99. The number of nitrogens with one attached hydrogen (secondary N) is 1. The first kappa shape index (κ1) is 11.3. The topological polar surface area (TPSA) is 67.2 Å². The standard InChI is InChI=1S/C12H16N4O/c1-16(2)10-6-8(4-5-11(10)17-3)9-7-12(13)15-14-9/h4-7H,1-3H3,(H3,13,14,15). The summed E-state index contributed by atoms with van der Waals surface area (Å²) in [7, 11) is 5.61. The minimum Gasteiger partial charge on any atom is -0.495 e. The van der Waals surface area contributed by atoms with Crippen molar-refractivity contribution in [3.05, 3.63) is 24.3 Å². The van der Waals surface area contributed by atoms with E-state index in [1.165, 1.54) is 0 Å². The average molecular weight is 232 g/mol. The Bertz CT molecular complexity index is 519. The van der Waals surface area contributed by atoms with E-state index >= 15 is 0 Å². The molecule has 1 aromatic heterocycles. The number of hydrogen-bond donors (Lipinski definition) is 2. The van der Waals surface area contributed by atoms with Crippen LogP contribution in [-0.2, 0) is 0 Å². The van der Waals surface area contributed by atoms with Crippen molar-refractivity contribution in [3.8, 4) is 17.0 Å². The number of hydrogen-bond acceptors (Lipinski definition) is 4. The smallest absolute Gasteiger partial charge is 0.145 e. The summed E-state index contributed by atoms with van der Waals surface area (Å²) >= 11 is 0. The Hall–Kier alpha value is -2.17. The van der Waals surface area contributed by atoms with E-state index < -0.39 is 0 Å². The minimum atomic E-state index is 0.488. The summed E-state index contributed by atoms with van der Waals surface area (Å²) in [6.07, 6.45) is 0. The largest absolute Gasteiger partial charge is 0.495 e. The summed E-state index contributed by atoms with van der Waals surface area (Å²) in [5.74, 6) is 1.33. The lowest BCUT2D eigenvalue weighted by Gasteiger charge is -2.17. The Morgan fingerprint density at radius 3 is 2.59 bits per heavy atom. The number of nitrogens with zero attached hydrogens (tertiary/aromatic N) is 2. The summed E-state index contributed by atoms with van der Waals surface area (Å²) in [5.41, 5.74) is 8.53. The summed E-state index contributed by atoms with van der Waals surface area (Å²) in [5, 5.41) is 6.81. The molecule has 0 fully saturated rings. The van der Waals surface area contributed by atoms with Crippen molar-refractivity contribution in [2.75, 3.05) is 31.8 Å². The highest BCUT2D eigenvalue weighted by atomic mass is 16.5. The van der Waals surface area contributed by atoms with Gasteiger partial charge in [-0.25, -0.2) is 0 Å². The van der Waals surface area contributed by atoms with Gasteiger partial charge in [0.15, 0.2) is 0 Å². The van der Waals surface area contributed by atoms with Crippen LogP contribution in [-0.4, -0.2) is 31.4 Å². The summed E-state index contributed by atoms with van der Waals surface area (Å²) in [6, 6.07) is 7.74. The Morgan fingerprint density at radius 1 is 1.29 bits per heavy atom. The van der Waals surface area contributed by atoms with Crippen molar-refractivity contribution in [1.29, 1.82) is 0 Å². The van der Waals surface area contributed by atoms with Crippen molar-refractivity contribution in [2.45, 2.75) is 0 Å². The molecule has 3 N–H and O–H groups in total. The molecule has 2 rings (SSSR count). The number of nitrogens with two attached hydrogens (primary N) is 1. The van der Waals surface area contributed by atoms with E-state index in [2.05, 4.69) is 10.2 Å². The minimum absolute atomic E-state index is 0.488. The fourth-order valence-corrected chi connectivity index (χ4v) is 1.69. The zero-order valence-electron chi connectivity index (χ0n) is 10.2. The highest BCUT2D eigenvalue weighted by Gasteiger charge is 2.08. The first-order valence-corrected chi connectivity index (χ1v) is 5.28. The number of benzene rings is 1. The Morgan fingerprint density at radius 2 is 2.06 bits per heavy atom. The maximum atomic E-state index is 5.59. The third-order valence-corrected chi connectivity index (χ3v) is 2.57. The van der Waals surface area contributed by atoms with E-state index in [9.17, 15) is 0 Å². The van der Waals surface area contributed by atoms with Crippen LogP contribution in [0, 0.1) is 0 Å². The van der Waals surface area contributed by atoms with Crippen LogP contribution in [0.25, 0.3) is 11.3 Å². The number of H-pyrrole nitrogens is 1. The molecule has 0 bridgehead atoms. The SMILES string of the molecule is COc1ccc(-c2cc(N)n[nH]2)cc1N(C)C. The number of ether oxygens (including phenoxy) is 1. The molecule has 5 heteroatoms. The summed E-state index contributed by atoms with van der Waals surface area (Å²) in [4.78, 5) is 2.00. The van der Waals surface area contributed by atoms with Crippen LogP contribution in [0.2, 0.25) is 0 Å². The zero-order chi connectivity index (χ0) is 12.4. The fourth-order valence-electron chi connectivity index (χ4n) is 1.69. The number of methoxy groups -OCH3 is 1. The van der Waals surface area contributed by atoms with Crippen LogP contribution in [0.1, 0.15) is 0 Å². The highest BCUT2D eigenvalue weighted by molar-refractivity contribution is 5.71. The van der Waals surface area contributed by atoms with E-state index in [0.29, 0.717) is 5.82 Å². The molecule has 0 aliphatic carbocycles. The normalized spacial score (nSPS) is 10.3. The van der Waals surface area contributed by atoms with E-state index in [1.54, 1.807) is 13.2 Å². The lowest BCUT2D eigenvalue weighted by Crippen LogP contribution is -2.10. The zero-order valence-corrected chi connectivity index (χ0v) is 10.2. The van der Waals surface area contributed by atoms with Crippen molar-refractivity contribution in [2.24, 2.45) is 0 Å². The van der Waals surface area contributed by atoms with E-state index in [-0.39, 0.29) is 0 Å². The molecule has 0 saturated heterocycles. The molecular weight excluding hydrogens is 216 g/mol. The molecule has 0 aliphatic heterocycles. The third-order valence-electron chi connectivity index (χ3n) is 2.57. The average Bonchev–Trinajstić information content (AvgIpc) is 2.75. The lowest BCUT2D eigenvalue weighted by molar-refractivity contribution is 0.415. The quantitative estimate of drug-likeness (QED) is 0.845. The number of anilines is 2. The molecule has 2 aromatic rings. The Labute approximate surface area is 100 Å². The molecule has 0 saturated carbocycles. The molecule has 0 radical (unpaired) electrons. The van der Waals surface area contributed by atoms with Gasteiger partial charge in [0.05, 0.1) is 18.5 Å². The molecule has 0 atom stereocenters. The maximum Gasteiger partial charge on any atom is 0.145 e. The van der Waals surface area contributed by atoms with Gasteiger partial charge >= 0.3 is 0 Å². The summed E-state index contributed by atoms with van der Waals surface area (Å²) < 4.78 is 5.31. The number of aromatic amines is 1. The molecule has 0 unspecified atom stereocenters. The van der Waals surface area contributed by atoms with Gasteiger partial charge in [0.1, 0.15) is 11.6 Å². The van der Waals surface area contributed by atoms with Crippen molar-refractivity contribution in [3.63, 3.8) is 0 Å². The molecule has 90 valence electrons. The van der Waals surface area contributed by atoms with Gasteiger partial charge in [0, 0.05) is 25.7 Å². The molecule has 5 nitrogen and oxygen atoms in total. The highest BCUT2D eigenvalue weighted by Crippen LogP contribution is 2.31. The van der Waals surface area contributed by atoms with Gasteiger partial charge in [-0.15, -0.1) is 0 Å². The first-order chi connectivity index (χ1) is 8.11. The predicted molar refractivity (Wildman–Crippen MR) is 69.3 cm³/mol. The van der Waals surface area contributed by atoms with Crippen LogP contribution in [0.5, 0.6) is 5.75 Å². The van der Waals surface area contributed by atoms with Gasteiger partial charge in [-0.05, 0) is 18.2 Å². The lowest BCUT2D eigenvalue weighted by atomic mass is 10.1. The van der Waals surface area contributed by atoms with Gasteiger partial charge < -0.3 is 15.4 Å². The van der Waals surface area contributed by atoms with Crippen molar-refractivity contribution < 1.29 is 4.74 Å². The number of aromatic nitrogens is 2. The predicted octanol–water partition coefficient (Wildman–Crippen LogP) is 1.73. The van der Waals surface area contributed by atoms with E-state index in [1.807, 2.05) is 37.2 Å². The van der Waals surface area contributed by atoms with Crippen molar-refractivity contribution >= 4 is 11.5 Å². The van der Waals surface area contributed by atoms with Crippen LogP contribution in [0.3, 0.4) is 0 Å².